The molecule has 0 aliphatic heterocycles. The Labute approximate surface area is 137 Å². The monoisotopic (exact) mass is 383 g/mol. The molecule has 5 nitrogen and oxygen atoms in total. The molecule has 1 aromatic carbocycles. The third-order valence-electron chi connectivity index (χ3n) is 2.80. The molecule has 0 aliphatic carbocycles. The number of aliphatic carboxylic acids is 1. The predicted molar refractivity (Wildman–Crippen MR) is 87.0 cm³/mol. The molecule has 21 heavy (non-hydrogen) atoms. The van der Waals surface area contributed by atoms with Crippen LogP contribution in [0.3, 0.4) is 0 Å². The van der Waals surface area contributed by atoms with Gasteiger partial charge in [0.25, 0.3) is 0 Å². The van der Waals surface area contributed by atoms with Crippen molar-refractivity contribution >= 4 is 56.0 Å². The predicted octanol–water partition coefficient (Wildman–Crippen LogP) is 3.48. The van der Waals surface area contributed by atoms with E-state index in [0.29, 0.717) is 11.7 Å². The zero-order valence-corrected chi connectivity index (χ0v) is 13.9. The van der Waals surface area contributed by atoms with Gasteiger partial charge in [0.05, 0.1) is 34.5 Å². The van der Waals surface area contributed by atoms with E-state index in [2.05, 4.69) is 25.9 Å². The van der Waals surface area contributed by atoms with E-state index in [0.717, 1.165) is 21.2 Å². The maximum absolute atomic E-state index is 10.8. The van der Waals surface area contributed by atoms with Crippen molar-refractivity contribution in [3.63, 3.8) is 0 Å². The van der Waals surface area contributed by atoms with Crippen LogP contribution in [0.1, 0.15) is 5.69 Å². The second-order valence-electron chi connectivity index (χ2n) is 4.28. The maximum atomic E-state index is 10.8. The molecule has 0 aliphatic rings. The molecule has 0 saturated heterocycles. The zero-order valence-electron chi connectivity index (χ0n) is 10.7. The van der Waals surface area contributed by atoms with E-state index in [1.54, 1.807) is 5.51 Å². The van der Waals surface area contributed by atoms with Crippen molar-refractivity contribution in [1.82, 2.24) is 14.5 Å². The van der Waals surface area contributed by atoms with E-state index in [1.807, 2.05) is 28.1 Å². The second kappa shape index (κ2) is 6.17. The summed E-state index contributed by atoms with van der Waals surface area (Å²) in [4.78, 5) is 19.6. The second-order valence-corrected chi connectivity index (χ2v) is 6.85. The summed E-state index contributed by atoms with van der Waals surface area (Å²) in [6.45, 7) is 0.582. The lowest BCUT2D eigenvalue weighted by atomic mass is 10.3. The number of carboxylic acid groups (broad SMARTS) is 1. The Morgan fingerprint density at radius 3 is 3.05 bits per heavy atom. The molecule has 0 atom stereocenters. The van der Waals surface area contributed by atoms with Crippen molar-refractivity contribution in [3.8, 4) is 0 Å². The molecule has 2 heterocycles. The Bertz CT molecular complexity index is 786. The van der Waals surface area contributed by atoms with Gasteiger partial charge in [-0.3, -0.25) is 4.79 Å². The number of carboxylic acids is 1. The highest BCUT2D eigenvalue weighted by Gasteiger charge is 2.14. The van der Waals surface area contributed by atoms with Crippen LogP contribution in [0.2, 0.25) is 0 Å². The van der Waals surface area contributed by atoms with Gasteiger partial charge in [0.15, 0.2) is 5.16 Å². The molecule has 3 rings (SSSR count). The first kappa shape index (κ1) is 14.6. The van der Waals surface area contributed by atoms with Crippen LogP contribution in [0.5, 0.6) is 0 Å². The van der Waals surface area contributed by atoms with Crippen LogP contribution in [0.15, 0.2) is 38.7 Å². The van der Waals surface area contributed by atoms with Gasteiger partial charge in [0, 0.05) is 9.85 Å². The SMILES string of the molecule is O=C(O)CSc1nc2ccc(Br)cc2n1Cc1cscn1. The third kappa shape index (κ3) is 3.28. The molecule has 0 radical (unpaired) electrons. The summed E-state index contributed by atoms with van der Waals surface area (Å²) in [5.74, 6) is -0.866. The average molecular weight is 384 g/mol. The number of hydrogen-bond donors (Lipinski definition) is 1. The summed E-state index contributed by atoms with van der Waals surface area (Å²) in [6, 6.07) is 5.83. The molecule has 0 bridgehead atoms. The van der Waals surface area contributed by atoms with Crippen molar-refractivity contribution in [2.45, 2.75) is 11.7 Å². The molecule has 0 saturated carbocycles. The molecule has 0 unspecified atom stereocenters. The topological polar surface area (TPSA) is 68.0 Å². The molecule has 3 aromatic rings. The smallest absolute Gasteiger partial charge is 0.313 e. The first-order valence-corrected chi connectivity index (χ1v) is 8.73. The Hall–Kier alpha value is -1.38. The fourth-order valence-electron chi connectivity index (χ4n) is 1.94. The Balaban J connectivity index is 2.04. The van der Waals surface area contributed by atoms with Crippen molar-refractivity contribution in [1.29, 1.82) is 0 Å². The highest BCUT2D eigenvalue weighted by Crippen LogP contribution is 2.27. The largest absolute Gasteiger partial charge is 0.481 e. The number of rotatable bonds is 5. The summed E-state index contributed by atoms with van der Waals surface area (Å²) >= 11 is 6.22. The fraction of sp³-hybridized carbons (Fsp3) is 0.154. The molecule has 2 aromatic heterocycles. The highest BCUT2D eigenvalue weighted by molar-refractivity contribution is 9.10. The molecule has 8 heteroatoms. The molecular weight excluding hydrogens is 374 g/mol. The van der Waals surface area contributed by atoms with Crippen LogP contribution in [-0.4, -0.2) is 31.4 Å². The van der Waals surface area contributed by atoms with Gasteiger partial charge in [0.2, 0.25) is 0 Å². The van der Waals surface area contributed by atoms with E-state index in [-0.39, 0.29) is 5.75 Å². The minimum Gasteiger partial charge on any atom is -0.481 e. The van der Waals surface area contributed by atoms with E-state index in [4.69, 9.17) is 5.11 Å². The number of thioether (sulfide) groups is 1. The quantitative estimate of drug-likeness (QED) is 0.683. The number of benzene rings is 1. The standard InChI is InChI=1S/C13H10BrN3O2S2/c14-8-1-2-10-11(3-8)17(4-9-5-20-7-15-9)13(16-10)21-6-12(18)19/h1-3,5,7H,4,6H2,(H,18,19). The minimum atomic E-state index is -0.853. The van der Waals surface area contributed by atoms with Gasteiger partial charge in [-0.1, -0.05) is 27.7 Å². The Kier molecular flexibility index (Phi) is 4.27. The van der Waals surface area contributed by atoms with Crippen LogP contribution < -0.4 is 0 Å². The van der Waals surface area contributed by atoms with Gasteiger partial charge < -0.3 is 9.67 Å². The number of fused-ring (bicyclic) bond motifs is 1. The van der Waals surface area contributed by atoms with Crippen molar-refractivity contribution in [3.05, 3.63) is 39.3 Å². The van der Waals surface area contributed by atoms with E-state index < -0.39 is 5.97 Å². The van der Waals surface area contributed by atoms with Crippen LogP contribution in [-0.2, 0) is 11.3 Å². The number of imidazole rings is 1. The molecule has 1 N–H and O–H groups in total. The van der Waals surface area contributed by atoms with Crippen molar-refractivity contribution in [2.24, 2.45) is 0 Å². The molecule has 108 valence electrons. The fourth-order valence-corrected chi connectivity index (χ4v) is 3.57. The van der Waals surface area contributed by atoms with Gasteiger partial charge in [0.1, 0.15) is 0 Å². The number of aromatic nitrogens is 3. The lowest BCUT2D eigenvalue weighted by molar-refractivity contribution is -0.133. The summed E-state index contributed by atoms with van der Waals surface area (Å²) < 4.78 is 2.96. The lowest BCUT2D eigenvalue weighted by Gasteiger charge is -2.06. The van der Waals surface area contributed by atoms with Crippen LogP contribution in [0, 0.1) is 0 Å². The molecular formula is C13H10BrN3O2S2. The summed E-state index contributed by atoms with van der Waals surface area (Å²) in [6.07, 6.45) is 0. The number of hydrogen-bond acceptors (Lipinski definition) is 5. The van der Waals surface area contributed by atoms with Gasteiger partial charge in [-0.25, -0.2) is 9.97 Å². The van der Waals surface area contributed by atoms with Crippen molar-refractivity contribution in [2.75, 3.05) is 5.75 Å². The molecule has 0 fully saturated rings. The number of halogens is 1. The van der Waals surface area contributed by atoms with Crippen LogP contribution in [0.25, 0.3) is 11.0 Å². The lowest BCUT2D eigenvalue weighted by Crippen LogP contribution is -2.04. The minimum absolute atomic E-state index is 0.0123. The normalized spacial score (nSPS) is 11.1. The first-order chi connectivity index (χ1) is 10.1. The van der Waals surface area contributed by atoms with Crippen molar-refractivity contribution < 1.29 is 9.90 Å². The summed E-state index contributed by atoms with van der Waals surface area (Å²) in [5, 5.41) is 11.5. The van der Waals surface area contributed by atoms with E-state index in [9.17, 15) is 4.79 Å². The molecule has 0 spiro atoms. The number of thiazole rings is 1. The number of carbonyl (C=O) groups is 1. The zero-order chi connectivity index (χ0) is 14.8. The van der Waals surface area contributed by atoms with Gasteiger partial charge in [-0.05, 0) is 18.2 Å². The average Bonchev–Trinajstić information content (AvgIpc) is 3.06. The Morgan fingerprint density at radius 2 is 2.33 bits per heavy atom. The van der Waals surface area contributed by atoms with E-state index in [1.165, 1.54) is 23.1 Å². The third-order valence-corrected chi connectivity index (χ3v) is 4.89. The first-order valence-electron chi connectivity index (χ1n) is 6.01. The van der Waals surface area contributed by atoms with Crippen LogP contribution >= 0.6 is 39.0 Å². The maximum Gasteiger partial charge on any atom is 0.313 e. The summed E-state index contributed by atoms with van der Waals surface area (Å²) in [7, 11) is 0. The number of nitrogens with zero attached hydrogens (tertiary/aromatic N) is 3. The van der Waals surface area contributed by atoms with Gasteiger partial charge in [-0.2, -0.15) is 0 Å². The van der Waals surface area contributed by atoms with E-state index >= 15 is 0 Å². The van der Waals surface area contributed by atoms with Crippen LogP contribution in [0.4, 0.5) is 0 Å². The molecule has 0 amide bonds. The van der Waals surface area contributed by atoms with Gasteiger partial charge in [-0.15, -0.1) is 11.3 Å². The highest BCUT2D eigenvalue weighted by atomic mass is 79.9. The summed E-state index contributed by atoms with van der Waals surface area (Å²) in [5.41, 5.74) is 4.54. The van der Waals surface area contributed by atoms with Gasteiger partial charge >= 0.3 is 5.97 Å². The Morgan fingerprint density at radius 1 is 1.48 bits per heavy atom.